The maximum atomic E-state index is 14.5. The number of hydrogen-bond acceptors (Lipinski definition) is 5. The molecule has 0 spiro atoms. The average molecular weight is 408 g/mol. The standard InChI is InChI=1S/C22H25FN6O/c1-12-8-17(23)18(28-21(30)25-7-6-22(3)4-5-22)10-15(12)16-9-14-11-26-20(24)29-19(14)27-13(16)2/h8-11H,4-7H2,1-3H3,(H2,25,28,30)(H2,24,26,27,29). The van der Waals surface area contributed by atoms with Crippen LogP contribution in [0.25, 0.3) is 22.2 Å². The van der Waals surface area contributed by atoms with Crippen molar-refractivity contribution >= 4 is 28.7 Å². The van der Waals surface area contributed by atoms with Crippen LogP contribution in [0.1, 0.15) is 37.4 Å². The van der Waals surface area contributed by atoms with Gasteiger partial charge in [0, 0.05) is 29.4 Å². The molecule has 1 aliphatic rings. The van der Waals surface area contributed by atoms with Gasteiger partial charge in [-0.25, -0.2) is 19.2 Å². The zero-order valence-corrected chi connectivity index (χ0v) is 17.3. The molecular formula is C22H25FN6O. The molecule has 156 valence electrons. The molecule has 0 bridgehead atoms. The fraction of sp³-hybridized carbons (Fsp3) is 0.364. The highest BCUT2D eigenvalue weighted by molar-refractivity contribution is 5.91. The summed E-state index contributed by atoms with van der Waals surface area (Å²) in [6, 6.07) is 4.54. The first-order valence-corrected chi connectivity index (χ1v) is 9.99. The smallest absolute Gasteiger partial charge is 0.319 e. The Morgan fingerprint density at radius 1 is 1.20 bits per heavy atom. The number of aryl methyl sites for hydroxylation is 2. The maximum absolute atomic E-state index is 14.5. The van der Waals surface area contributed by atoms with Gasteiger partial charge in [0.15, 0.2) is 5.65 Å². The van der Waals surface area contributed by atoms with Crippen molar-refractivity contribution in [1.29, 1.82) is 0 Å². The first-order chi connectivity index (χ1) is 14.2. The molecule has 3 aromatic rings. The van der Waals surface area contributed by atoms with Crippen molar-refractivity contribution in [3.05, 3.63) is 41.5 Å². The van der Waals surface area contributed by atoms with Crippen molar-refractivity contribution < 1.29 is 9.18 Å². The molecule has 0 unspecified atom stereocenters. The number of rotatable bonds is 5. The van der Waals surface area contributed by atoms with Crippen LogP contribution < -0.4 is 16.4 Å². The molecular weight excluding hydrogens is 383 g/mol. The van der Waals surface area contributed by atoms with Crippen molar-refractivity contribution in [3.8, 4) is 11.1 Å². The summed E-state index contributed by atoms with van der Waals surface area (Å²) < 4.78 is 14.5. The predicted molar refractivity (Wildman–Crippen MR) is 116 cm³/mol. The number of nitrogens with zero attached hydrogens (tertiary/aromatic N) is 3. The van der Waals surface area contributed by atoms with Gasteiger partial charge in [-0.2, -0.15) is 4.98 Å². The van der Waals surface area contributed by atoms with Crippen molar-refractivity contribution in [3.63, 3.8) is 0 Å². The van der Waals surface area contributed by atoms with Gasteiger partial charge >= 0.3 is 6.03 Å². The van der Waals surface area contributed by atoms with Crippen molar-refractivity contribution in [1.82, 2.24) is 20.3 Å². The number of nitrogens with one attached hydrogen (secondary N) is 2. The van der Waals surface area contributed by atoms with Gasteiger partial charge < -0.3 is 16.4 Å². The Bertz CT molecular complexity index is 1140. The number of carbonyl (C=O) groups is 1. The Hall–Kier alpha value is -3.29. The van der Waals surface area contributed by atoms with Gasteiger partial charge in [-0.3, -0.25) is 0 Å². The summed E-state index contributed by atoms with van der Waals surface area (Å²) in [6.07, 6.45) is 4.93. The van der Waals surface area contributed by atoms with Crippen LogP contribution in [0.2, 0.25) is 0 Å². The van der Waals surface area contributed by atoms with Crippen LogP contribution in [-0.4, -0.2) is 27.5 Å². The molecule has 4 N–H and O–H groups in total. The Morgan fingerprint density at radius 2 is 1.97 bits per heavy atom. The summed E-state index contributed by atoms with van der Waals surface area (Å²) in [5.74, 6) is -0.323. The van der Waals surface area contributed by atoms with E-state index in [0.29, 0.717) is 17.6 Å². The second kappa shape index (κ2) is 7.51. The highest BCUT2D eigenvalue weighted by Crippen LogP contribution is 2.47. The summed E-state index contributed by atoms with van der Waals surface area (Å²) in [5, 5.41) is 6.17. The van der Waals surface area contributed by atoms with E-state index in [1.165, 1.54) is 18.9 Å². The van der Waals surface area contributed by atoms with Crippen LogP contribution in [0.4, 0.5) is 20.8 Å². The molecule has 2 heterocycles. The van der Waals surface area contributed by atoms with Gasteiger partial charge in [-0.1, -0.05) is 6.92 Å². The second-order valence-electron chi connectivity index (χ2n) is 8.35. The van der Waals surface area contributed by atoms with E-state index in [1.54, 1.807) is 12.3 Å². The molecule has 0 aliphatic heterocycles. The van der Waals surface area contributed by atoms with E-state index in [9.17, 15) is 9.18 Å². The normalized spacial score (nSPS) is 14.5. The fourth-order valence-corrected chi connectivity index (χ4v) is 3.50. The average Bonchev–Trinajstić information content (AvgIpc) is 3.41. The number of hydrogen-bond donors (Lipinski definition) is 3. The third-order valence-electron chi connectivity index (χ3n) is 5.75. The third kappa shape index (κ3) is 4.17. The summed E-state index contributed by atoms with van der Waals surface area (Å²) in [6.45, 7) is 6.45. The maximum Gasteiger partial charge on any atom is 0.319 e. The predicted octanol–water partition coefficient (Wildman–Crippen LogP) is 4.34. The molecule has 1 aliphatic carbocycles. The van der Waals surface area contributed by atoms with E-state index >= 15 is 0 Å². The number of halogens is 1. The largest absolute Gasteiger partial charge is 0.368 e. The van der Waals surface area contributed by atoms with E-state index in [0.717, 1.165) is 34.2 Å². The molecule has 1 fully saturated rings. The van der Waals surface area contributed by atoms with Crippen LogP contribution in [0.15, 0.2) is 24.4 Å². The lowest BCUT2D eigenvalue weighted by Crippen LogP contribution is -2.30. The highest BCUT2D eigenvalue weighted by atomic mass is 19.1. The Kier molecular flexibility index (Phi) is 5.01. The van der Waals surface area contributed by atoms with Gasteiger partial charge in [-0.05, 0) is 67.9 Å². The number of fused-ring (bicyclic) bond motifs is 1. The van der Waals surface area contributed by atoms with E-state index < -0.39 is 11.8 Å². The number of aromatic nitrogens is 3. The number of anilines is 2. The molecule has 30 heavy (non-hydrogen) atoms. The number of urea groups is 1. The van der Waals surface area contributed by atoms with E-state index in [-0.39, 0.29) is 11.6 Å². The summed E-state index contributed by atoms with van der Waals surface area (Å²) in [4.78, 5) is 24.9. The van der Waals surface area contributed by atoms with Gasteiger partial charge in [0.05, 0.1) is 5.69 Å². The van der Waals surface area contributed by atoms with Crippen LogP contribution in [-0.2, 0) is 0 Å². The lowest BCUT2D eigenvalue weighted by atomic mass is 9.97. The van der Waals surface area contributed by atoms with Gasteiger partial charge in [0.1, 0.15) is 5.82 Å². The molecule has 2 aromatic heterocycles. The topological polar surface area (TPSA) is 106 Å². The molecule has 0 atom stereocenters. The Balaban J connectivity index is 1.60. The number of benzene rings is 1. The Labute approximate surface area is 174 Å². The van der Waals surface area contributed by atoms with E-state index in [4.69, 9.17) is 5.73 Å². The molecule has 0 radical (unpaired) electrons. The Morgan fingerprint density at radius 3 is 2.70 bits per heavy atom. The molecule has 1 aromatic carbocycles. The number of carbonyl (C=O) groups excluding carboxylic acids is 1. The van der Waals surface area contributed by atoms with Crippen molar-refractivity contribution in [2.24, 2.45) is 5.41 Å². The quantitative estimate of drug-likeness (QED) is 0.582. The molecule has 0 saturated heterocycles. The number of amides is 2. The van der Waals surface area contributed by atoms with Crippen LogP contribution in [0.5, 0.6) is 0 Å². The number of nitrogen functional groups attached to an aromatic ring is 1. The van der Waals surface area contributed by atoms with Gasteiger partial charge in [0.2, 0.25) is 5.95 Å². The van der Waals surface area contributed by atoms with Crippen LogP contribution in [0, 0.1) is 25.1 Å². The summed E-state index contributed by atoms with van der Waals surface area (Å²) in [7, 11) is 0. The fourth-order valence-electron chi connectivity index (χ4n) is 3.50. The van der Waals surface area contributed by atoms with Gasteiger partial charge in [-0.15, -0.1) is 0 Å². The first kappa shape index (κ1) is 20.0. The van der Waals surface area contributed by atoms with Crippen LogP contribution in [0.3, 0.4) is 0 Å². The summed E-state index contributed by atoms with van der Waals surface area (Å²) in [5.41, 5.74) is 9.68. The highest BCUT2D eigenvalue weighted by Gasteiger charge is 2.36. The summed E-state index contributed by atoms with van der Waals surface area (Å²) >= 11 is 0. The monoisotopic (exact) mass is 408 g/mol. The minimum Gasteiger partial charge on any atom is -0.368 e. The second-order valence-corrected chi connectivity index (χ2v) is 8.35. The third-order valence-corrected chi connectivity index (χ3v) is 5.75. The van der Waals surface area contributed by atoms with E-state index in [2.05, 4.69) is 32.5 Å². The number of nitrogens with two attached hydrogens (primary N) is 1. The molecule has 7 nitrogen and oxygen atoms in total. The SMILES string of the molecule is Cc1cc(F)c(NC(=O)NCCC2(C)CC2)cc1-c1cc2cnc(N)nc2nc1C. The molecule has 2 amide bonds. The van der Waals surface area contributed by atoms with Crippen LogP contribution >= 0.6 is 0 Å². The van der Waals surface area contributed by atoms with Crippen molar-refractivity contribution in [2.75, 3.05) is 17.6 Å². The minimum absolute atomic E-state index is 0.124. The van der Waals surface area contributed by atoms with Gasteiger partial charge in [0.25, 0.3) is 0 Å². The molecule has 4 rings (SSSR count). The lowest BCUT2D eigenvalue weighted by molar-refractivity contribution is 0.251. The van der Waals surface area contributed by atoms with E-state index in [1.807, 2.05) is 19.9 Å². The minimum atomic E-state index is -0.483. The first-order valence-electron chi connectivity index (χ1n) is 9.99. The molecule has 1 saturated carbocycles. The van der Waals surface area contributed by atoms with Crippen molar-refractivity contribution in [2.45, 2.75) is 40.0 Å². The molecule has 8 heteroatoms. The number of pyridine rings is 1. The zero-order valence-electron chi connectivity index (χ0n) is 17.3. The zero-order chi connectivity index (χ0) is 21.5. The lowest BCUT2D eigenvalue weighted by Gasteiger charge is -2.15.